The second kappa shape index (κ2) is 7.28. The third-order valence-corrected chi connectivity index (χ3v) is 4.18. The molecule has 0 unspecified atom stereocenters. The third-order valence-electron chi connectivity index (χ3n) is 4.18. The summed E-state index contributed by atoms with van der Waals surface area (Å²) in [4.78, 5) is 14.0. The highest BCUT2D eigenvalue weighted by Gasteiger charge is 2.26. The maximum atomic E-state index is 12.3. The number of hydrogen-bond donors (Lipinski definition) is 1. The molecule has 1 N–H and O–H groups in total. The van der Waals surface area contributed by atoms with Crippen molar-refractivity contribution in [3.05, 3.63) is 59.2 Å². The minimum atomic E-state index is -0.518. The molecule has 1 aliphatic rings. The smallest absolute Gasteiger partial charge is 0.410 e. The summed E-state index contributed by atoms with van der Waals surface area (Å²) >= 11 is 0. The Hall–Kier alpha value is -2.69. The number of phenols is 1. The van der Waals surface area contributed by atoms with Crippen LogP contribution < -0.4 is 4.74 Å². The lowest BCUT2D eigenvalue weighted by Gasteiger charge is -2.31. The quantitative estimate of drug-likeness (QED) is 0.893. The number of ether oxygens (including phenoxy) is 2. The fraction of sp³-hybridized carbons (Fsp3) is 0.381. The third kappa shape index (κ3) is 4.48. The molecule has 0 fully saturated rings. The lowest BCUT2D eigenvalue weighted by atomic mass is 9.99. The lowest BCUT2D eigenvalue weighted by Crippen LogP contribution is -2.39. The van der Waals surface area contributed by atoms with Crippen molar-refractivity contribution >= 4 is 6.09 Å². The monoisotopic (exact) mass is 355 g/mol. The zero-order valence-corrected chi connectivity index (χ0v) is 15.5. The van der Waals surface area contributed by atoms with Crippen LogP contribution in [0.1, 0.15) is 37.5 Å². The van der Waals surface area contributed by atoms with Gasteiger partial charge in [-0.2, -0.15) is 0 Å². The van der Waals surface area contributed by atoms with Gasteiger partial charge in [0.15, 0.2) is 11.5 Å². The fourth-order valence-corrected chi connectivity index (χ4v) is 2.91. The first kappa shape index (κ1) is 18.1. The summed E-state index contributed by atoms with van der Waals surface area (Å²) < 4.78 is 11.2. The second-order valence-electron chi connectivity index (χ2n) is 7.51. The molecule has 138 valence electrons. The Kier molecular flexibility index (Phi) is 5.07. The van der Waals surface area contributed by atoms with E-state index in [9.17, 15) is 9.90 Å². The summed E-state index contributed by atoms with van der Waals surface area (Å²) in [5, 5.41) is 10.2. The molecule has 0 atom stereocenters. The summed E-state index contributed by atoms with van der Waals surface area (Å²) in [6.07, 6.45) is 0.365. The molecule has 5 nitrogen and oxygen atoms in total. The molecule has 0 aliphatic carbocycles. The number of aromatic hydroxyl groups is 1. The van der Waals surface area contributed by atoms with Gasteiger partial charge < -0.3 is 19.5 Å². The normalized spacial score (nSPS) is 13.9. The average Bonchev–Trinajstić information content (AvgIpc) is 2.59. The van der Waals surface area contributed by atoms with Crippen molar-refractivity contribution in [1.82, 2.24) is 4.90 Å². The first-order chi connectivity index (χ1) is 12.3. The van der Waals surface area contributed by atoms with Gasteiger partial charge in [0.25, 0.3) is 0 Å². The topological polar surface area (TPSA) is 59.0 Å². The summed E-state index contributed by atoms with van der Waals surface area (Å²) in [5.41, 5.74) is 2.52. The molecule has 2 aromatic carbocycles. The van der Waals surface area contributed by atoms with E-state index in [1.807, 2.05) is 57.2 Å². The molecule has 0 radical (unpaired) electrons. The molecular weight excluding hydrogens is 330 g/mol. The van der Waals surface area contributed by atoms with E-state index in [0.717, 1.165) is 16.7 Å². The van der Waals surface area contributed by atoms with Gasteiger partial charge in [-0.3, -0.25) is 0 Å². The van der Waals surface area contributed by atoms with E-state index in [1.165, 1.54) is 0 Å². The molecule has 0 saturated carbocycles. The van der Waals surface area contributed by atoms with Crippen LogP contribution in [-0.2, 0) is 24.3 Å². The van der Waals surface area contributed by atoms with Crippen LogP contribution in [0.5, 0.6) is 11.5 Å². The van der Waals surface area contributed by atoms with Crippen LogP contribution in [0, 0.1) is 0 Å². The van der Waals surface area contributed by atoms with Crippen LogP contribution in [0.4, 0.5) is 4.79 Å². The van der Waals surface area contributed by atoms with Gasteiger partial charge in [0.05, 0.1) is 0 Å². The Morgan fingerprint density at radius 1 is 1.15 bits per heavy atom. The second-order valence-corrected chi connectivity index (χ2v) is 7.51. The molecule has 1 aliphatic heterocycles. The van der Waals surface area contributed by atoms with E-state index < -0.39 is 5.60 Å². The van der Waals surface area contributed by atoms with Crippen molar-refractivity contribution in [2.75, 3.05) is 6.54 Å². The Morgan fingerprint density at radius 3 is 2.58 bits per heavy atom. The van der Waals surface area contributed by atoms with E-state index in [2.05, 4.69) is 0 Å². The van der Waals surface area contributed by atoms with E-state index in [-0.39, 0.29) is 11.8 Å². The van der Waals surface area contributed by atoms with Crippen molar-refractivity contribution in [3.8, 4) is 11.5 Å². The highest BCUT2D eigenvalue weighted by Crippen LogP contribution is 2.33. The van der Waals surface area contributed by atoms with Crippen molar-refractivity contribution < 1.29 is 19.4 Å². The van der Waals surface area contributed by atoms with Gasteiger partial charge >= 0.3 is 6.09 Å². The number of phenolic OH excluding ortho intramolecular Hbond substituents is 1. The average molecular weight is 355 g/mol. The molecule has 5 heteroatoms. The molecule has 0 spiro atoms. The fourth-order valence-electron chi connectivity index (χ4n) is 2.91. The van der Waals surface area contributed by atoms with E-state index >= 15 is 0 Å². The first-order valence-electron chi connectivity index (χ1n) is 8.81. The van der Waals surface area contributed by atoms with Gasteiger partial charge in [0, 0.05) is 13.1 Å². The van der Waals surface area contributed by atoms with Crippen LogP contribution in [0.2, 0.25) is 0 Å². The largest absolute Gasteiger partial charge is 0.504 e. The Balaban J connectivity index is 1.72. The Morgan fingerprint density at radius 2 is 1.88 bits per heavy atom. The molecule has 0 aromatic heterocycles. The number of carbonyl (C=O) groups excluding carboxylic acids is 1. The van der Waals surface area contributed by atoms with Crippen molar-refractivity contribution in [2.24, 2.45) is 0 Å². The molecule has 1 heterocycles. The summed E-state index contributed by atoms with van der Waals surface area (Å²) in [6, 6.07) is 13.4. The maximum Gasteiger partial charge on any atom is 0.410 e. The van der Waals surface area contributed by atoms with Crippen LogP contribution >= 0.6 is 0 Å². The van der Waals surface area contributed by atoms with E-state index in [0.29, 0.717) is 31.9 Å². The minimum Gasteiger partial charge on any atom is -0.504 e. The summed E-state index contributed by atoms with van der Waals surface area (Å²) in [5.74, 6) is 0.559. The molecule has 2 aromatic rings. The minimum absolute atomic E-state index is 0.130. The number of fused-ring (bicyclic) bond motifs is 1. The van der Waals surface area contributed by atoms with Gasteiger partial charge in [-0.25, -0.2) is 4.79 Å². The van der Waals surface area contributed by atoms with Gasteiger partial charge in [0.1, 0.15) is 12.2 Å². The molecule has 0 saturated heterocycles. The highest BCUT2D eigenvalue weighted by atomic mass is 16.6. The Labute approximate surface area is 154 Å². The van der Waals surface area contributed by atoms with Crippen LogP contribution in [0.3, 0.4) is 0 Å². The van der Waals surface area contributed by atoms with E-state index in [1.54, 1.807) is 11.0 Å². The highest BCUT2D eigenvalue weighted by molar-refractivity contribution is 5.69. The predicted octanol–water partition coefficient (Wildman–Crippen LogP) is 4.26. The number of amides is 1. The van der Waals surface area contributed by atoms with Gasteiger partial charge in [-0.1, -0.05) is 30.3 Å². The number of rotatable bonds is 3. The Bertz CT molecular complexity index is 781. The number of hydrogen-bond acceptors (Lipinski definition) is 4. The van der Waals surface area contributed by atoms with E-state index in [4.69, 9.17) is 9.47 Å². The summed E-state index contributed by atoms with van der Waals surface area (Å²) in [6.45, 7) is 6.98. The zero-order chi connectivity index (χ0) is 18.7. The van der Waals surface area contributed by atoms with Crippen LogP contribution in [0.15, 0.2) is 42.5 Å². The van der Waals surface area contributed by atoms with Gasteiger partial charge in [-0.15, -0.1) is 0 Å². The molecule has 26 heavy (non-hydrogen) atoms. The maximum absolute atomic E-state index is 12.3. The number of benzene rings is 2. The number of carbonyl (C=O) groups is 1. The molecule has 3 rings (SSSR count). The standard InChI is InChI=1S/C21H25NO4/c1-21(2,3)26-20(24)22-10-9-16-11-18(23)19(12-17(16)13-22)25-14-15-7-5-4-6-8-15/h4-8,11-12,23H,9-10,13-14H2,1-3H3. The first-order valence-corrected chi connectivity index (χ1v) is 8.81. The van der Waals surface area contributed by atoms with Crippen molar-refractivity contribution in [1.29, 1.82) is 0 Å². The molecular formula is C21H25NO4. The predicted molar refractivity (Wildman–Crippen MR) is 99.2 cm³/mol. The number of nitrogens with zero attached hydrogens (tertiary/aromatic N) is 1. The van der Waals surface area contributed by atoms with Crippen molar-refractivity contribution in [2.45, 2.75) is 45.9 Å². The zero-order valence-electron chi connectivity index (χ0n) is 15.5. The van der Waals surface area contributed by atoms with Gasteiger partial charge in [-0.05, 0) is 56.0 Å². The van der Waals surface area contributed by atoms with Gasteiger partial charge in [0.2, 0.25) is 0 Å². The SMILES string of the molecule is CC(C)(C)OC(=O)N1CCc2cc(O)c(OCc3ccccc3)cc2C1. The van der Waals surface area contributed by atoms with Crippen LogP contribution in [0.25, 0.3) is 0 Å². The van der Waals surface area contributed by atoms with Crippen LogP contribution in [-0.4, -0.2) is 28.2 Å². The molecule has 1 amide bonds. The summed E-state index contributed by atoms with van der Waals surface area (Å²) in [7, 11) is 0. The lowest BCUT2D eigenvalue weighted by molar-refractivity contribution is 0.0223. The van der Waals surface area contributed by atoms with Crippen molar-refractivity contribution in [3.63, 3.8) is 0 Å². The molecule has 0 bridgehead atoms.